The zero-order chi connectivity index (χ0) is 19.2. The average Bonchev–Trinajstić information content (AvgIpc) is 2.73. The molecule has 2 aromatic carbocycles. The number of nitrogens with one attached hydrogen (secondary N) is 1. The van der Waals surface area contributed by atoms with E-state index >= 15 is 0 Å². The highest BCUT2D eigenvalue weighted by molar-refractivity contribution is 5.98. The zero-order valence-corrected chi connectivity index (χ0v) is 15.4. The fourth-order valence-corrected chi connectivity index (χ4v) is 3.47. The maximum Gasteiger partial charge on any atom is 0.241 e. The Bertz CT molecular complexity index is 849. The number of hydrogen-bond donors (Lipinski definition) is 1. The molecule has 1 aliphatic rings. The molecule has 1 amide bonds. The Hall–Kier alpha value is -2.97. The molecule has 0 saturated carbocycles. The van der Waals surface area contributed by atoms with Crippen molar-refractivity contribution in [2.24, 2.45) is 5.92 Å². The third-order valence-electron chi connectivity index (χ3n) is 5.15. The van der Waals surface area contributed by atoms with Gasteiger partial charge in [0.05, 0.1) is 17.7 Å². The number of hydrogen-bond acceptors (Lipinski definition) is 4. The minimum absolute atomic E-state index is 0.0196. The molecule has 1 saturated heterocycles. The van der Waals surface area contributed by atoms with Crippen molar-refractivity contribution in [1.29, 1.82) is 5.26 Å². The van der Waals surface area contributed by atoms with Crippen LogP contribution in [0.3, 0.4) is 0 Å². The van der Waals surface area contributed by atoms with Crippen molar-refractivity contribution >= 4 is 17.4 Å². The SMILES string of the molecule is C[C@H](C(=O)Nc1cccc(C#N)c1)N1CCC(C(=O)c2ccccc2)CC1. The van der Waals surface area contributed by atoms with Crippen molar-refractivity contribution in [3.05, 3.63) is 65.7 Å². The number of piperidine rings is 1. The number of amides is 1. The summed E-state index contributed by atoms with van der Waals surface area (Å²) in [6, 6.07) is 18.1. The minimum Gasteiger partial charge on any atom is -0.325 e. The Morgan fingerprint density at radius 2 is 1.81 bits per heavy atom. The number of carbonyl (C=O) groups excluding carboxylic acids is 2. The normalized spacial score (nSPS) is 16.3. The number of Topliss-reactive ketones (excluding diaryl/α,β-unsaturated/α-hetero) is 1. The van der Waals surface area contributed by atoms with Crippen molar-refractivity contribution in [1.82, 2.24) is 4.90 Å². The smallest absolute Gasteiger partial charge is 0.241 e. The quantitative estimate of drug-likeness (QED) is 0.828. The Labute approximate surface area is 159 Å². The molecule has 1 heterocycles. The molecule has 0 radical (unpaired) electrons. The Morgan fingerprint density at radius 1 is 1.11 bits per heavy atom. The van der Waals surface area contributed by atoms with Gasteiger partial charge in [-0.3, -0.25) is 14.5 Å². The summed E-state index contributed by atoms with van der Waals surface area (Å²) in [5.74, 6) is 0.116. The van der Waals surface area contributed by atoms with Gasteiger partial charge in [0, 0.05) is 17.2 Å². The summed E-state index contributed by atoms with van der Waals surface area (Å²) in [6.07, 6.45) is 1.52. The predicted molar refractivity (Wildman–Crippen MR) is 104 cm³/mol. The van der Waals surface area contributed by atoms with Crippen LogP contribution in [-0.2, 0) is 4.79 Å². The van der Waals surface area contributed by atoms with Crippen LogP contribution in [0.5, 0.6) is 0 Å². The molecule has 0 bridgehead atoms. The van der Waals surface area contributed by atoms with E-state index in [2.05, 4.69) is 16.3 Å². The van der Waals surface area contributed by atoms with Crippen molar-refractivity contribution in [3.63, 3.8) is 0 Å². The number of anilines is 1. The Morgan fingerprint density at radius 3 is 2.48 bits per heavy atom. The molecular weight excluding hydrogens is 338 g/mol. The summed E-state index contributed by atoms with van der Waals surface area (Å²) in [6.45, 7) is 3.31. The molecule has 27 heavy (non-hydrogen) atoms. The first-order valence-corrected chi connectivity index (χ1v) is 9.23. The van der Waals surface area contributed by atoms with Crippen molar-refractivity contribution < 1.29 is 9.59 Å². The predicted octanol–water partition coefficient (Wildman–Crippen LogP) is 3.48. The summed E-state index contributed by atoms with van der Waals surface area (Å²) in [5.41, 5.74) is 1.90. The van der Waals surface area contributed by atoms with Gasteiger partial charge in [-0.2, -0.15) is 5.26 Å². The molecule has 1 N–H and O–H groups in total. The highest BCUT2D eigenvalue weighted by Crippen LogP contribution is 2.23. The number of likely N-dealkylation sites (tertiary alicyclic amines) is 1. The molecular formula is C22H23N3O2. The van der Waals surface area contributed by atoms with E-state index in [1.54, 1.807) is 24.3 Å². The van der Waals surface area contributed by atoms with Gasteiger partial charge in [-0.05, 0) is 51.1 Å². The summed E-state index contributed by atoms with van der Waals surface area (Å²) < 4.78 is 0. The van der Waals surface area contributed by atoms with Crippen LogP contribution >= 0.6 is 0 Å². The average molecular weight is 361 g/mol. The number of rotatable bonds is 5. The van der Waals surface area contributed by atoms with Gasteiger partial charge >= 0.3 is 0 Å². The fraction of sp³-hybridized carbons (Fsp3) is 0.318. The summed E-state index contributed by atoms with van der Waals surface area (Å²) in [4.78, 5) is 27.2. The number of nitriles is 1. The molecule has 3 rings (SSSR count). The lowest BCUT2D eigenvalue weighted by Crippen LogP contribution is -2.47. The molecule has 1 aliphatic heterocycles. The second kappa shape index (κ2) is 8.61. The van der Waals surface area contributed by atoms with Crippen molar-refractivity contribution in [2.45, 2.75) is 25.8 Å². The first-order valence-electron chi connectivity index (χ1n) is 9.23. The van der Waals surface area contributed by atoms with Crippen LogP contribution in [-0.4, -0.2) is 35.7 Å². The lowest BCUT2D eigenvalue weighted by molar-refractivity contribution is -0.121. The largest absolute Gasteiger partial charge is 0.325 e. The van der Waals surface area contributed by atoms with Gasteiger partial charge < -0.3 is 5.32 Å². The van der Waals surface area contributed by atoms with Crippen LogP contribution in [0.4, 0.5) is 5.69 Å². The number of carbonyl (C=O) groups is 2. The van der Waals surface area contributed by atoms with Gasteiger partial charge in [0.15, 0.2) is 5.78 Å². The molecule has 2 aromatic rings. The lowest BCUT2D eigenvalue weighted by Gasteiger charge is -2.34. The third-order valence-corrected chi connectivity index (χ3v) is 5.15. The van der Waals surface area contributed by atoms with E-state index in [1.807, 2.05) is 37.3 Å². The van der Waals surface area contributed by atoms with E-state index in [9.17, 15) is 9.59 Å². The number of nitrogens with zero attached hydrogens (tertiary/aromatic N) is 2. The maximum atomic E-state index is 12.6. The van der Waals surface area contributed by atoms with Crippen LogP contribution in [0.1, 0.15) is 35.7 Å². The van der Waals surface area contributed by atoms with E-state index in [1.165, 1.54) is 0 Å². The minimum atomic E-state index is -0.288. The first kappa shape index (κ1) is 18.8. The Balaban J connectivity index is 1.55. The highest BCUT2D eigenvalue weighted by atomic mass is 16.2. The van der Waals surface area contributed by atoms with Crippen molar-refractivity contribution in [3.8, 4) is 6.07 Å². The molecule has 0 aliphatic carbocycles. The van der Waals surface area contributed by atoms with Crippen LogP contribution in [0.25, 0.3) is 0 Å². The molecule has 5 heteroatoms. The molecule has 0 aromatic heterocycles. The number of ketones is 1. The number of benzene rings is 2. The van der Waals surface area contributed by atoms with E-state index in [0.29, 0.717) is 11.3 Å². The second-order valence-corrected chi connectivity index (χ2v) is 6.90. The monoisotopic (exact) mass is 361 g/mol. The summed E-state index contributed by atoms with van der Waals surface area (Å²) in [7, 11) is 0. The maximum absolute atomic E-state index is 12.6. The van der Waals surface area contributed by atoms with Gasteiger partial charge in [-0.1, -0.05) is 36.4 Å². The van der Waals surface area contributed by atoms with Gasteiger partial charge in [0.2, 0.25) is 5.91 Å². The van der Waals surface area contributed by atoms with E-state index in [0.717, 1.165) is 31.5 Å². The molecule has 0 unspecified atom stereocenters. The fourth-order valence-electron chi connectivity index (χ4n) is 3.47. The lowest BCUT2D eigenvalue weighted by atomic mass is 9.88. The zero-order valence-electron chi connectivity index (χ0n) is 15.4. The van der Waals surface area contributed by atoms with Gasteiger partial charge in [0.25, 0.3) is 0 Å². The van der Waals surface area contributed by atoms with Crippen molar-refractivity contribution in [2.75, 3.05) is 18.4 Å². The van der Waals surface area contributed by atoms with Gasteiger partial charge in [0.1, 0.15) is 0 Å². The van der Waals surface area contributed by atoms with Crippen LogP contribution in [0.2, 0.25) is 0 Å². The van der Waals surface area contributed by atoms with Crippen LogP contribution in [0, 0.1) is 17.2 Å². The highest BCUT2D eigenvalue weighted by Gasteiger charge is 2.30. The topological polar surface area (TPSA) is 73.2 Å². The van der Waals surface area contributed by atoms with Gasteiger partial charge in [-0.25, -0.2) is 0 Å². The molecule has 138 valence electrons. The summed E-state index contributed by atoms with van der Waals surface area (Å²) in [5, 5.41) is 11.8. The van der Waals surface area contributed by atoms with E-state index in [4.69, 9.17) is 5.26 Å². The Kier molecular flexibility index (Phi) is 6.00. The molecule has 1 atom stereocenters. The van der Waals surface area contributed by atoms with Gasteiger partial charge in [-0.15, -0.1) is 0 Å². The van der Waals surface area contributed by atoms with E-state index in [-0.39, 0.29) is 23.7 Å². The van der Waals surface area contributed by atoms with Crippen LogP contribution in [0.15, 0.2) is 54.6 Å². The standard InChI is InChI=1S/C22H23N3O2/c1-16(22(27)24-20-9-5-6-17(14-20)15-23)25-12-10-19(11-13-25)21(26)18-7-3-2-4-8-18/h2-9,14,16,19H,10-13H2,1H3,(H,24,27)/t16-/m1/s1. The second-order valence-electron chi connectivity index (χ2n) is 6.90. The molecule has 1 fully saturated rings. The molecule has 0 spiro atoms. The first-order chi connectivity index (χ1) is 13.1. The molecule has 5 nitrogen and oxygen atoms in total. The van der Waals surface area contributed by atoms with E-state index < -0.39 is 0 Å². The van der Waals surface area contributed by atoms with Crippen LogP contribution < -0.4 is 5.32 Å². The summed E-state index contributed by atoms with van der Waals surface area (Å²) >= 11 is 0. The third kappa shape index (κ3) is 4.60.